The minimum Gasteiger partial charge on any atom is -0.399 e. The van der Waals surface area contributed by atoms with Crippen LogP contribution < -0.4 is 16.5 Å². The van der Waals surface area contributed by atoms with Crippen molar-refractivity contribution >= 4 is 39.8 Å². The summed E-state index contributed by atoms with van der Waals surface area (Å²) in [6.45, 7) is 0. The Labute approximate surface area is 208 Å². The summed E-state index contributed by atoms with van der Waals surface area (Å²) in [5.41, 5.74) is 19.4. The van der Waals surface area contributed by atoms with Crippen LogP contribution in [0.1, 0.15) is 22.9 Å². The van der Waals surface area contributed by atoms with Gasteiger partial charge in [0, 0.05) is 43.8 Å². The van der Waals surface area contributed by atoms with E-state index in [4.69, 9.17) is 16.6 Å². The van der Waals surface area contributed by atoms with E-state index in [2.05, 4.69) is 53.5 Å². The van der Waals surface area contributed by atoms with Crippen molar-refractivity contribution in [3.05, 3.63) is 126 Å². The Kier molecular flexibility index (Phi) is 5.45. The molecule has 1 unspecified atom stereocenters. The van der Waals surface area contributed by atoms with Crippen molar-refractivity contribution in [2.24, 2.45) is 10.8 Å². The number of nitrogens with zero attached hydrogens (tertiary/aromatic N) is 3. The molecule has 6 heteroatoms. The molecule has 0 spiro atoms. The van der Waals surface area contributed by atoms with E-state index in [1.54, 1.807) is 11.8 Å². The second-order valence-corrected chi connectivity index (χ2v) is 9.49. The van der Waals surface area contributed by atoms with Crippen molar-refractivity contribution in [2.75, 3.05) is 10.7 Å². The molecule has 5 nitrogen and oxygen atoms in total. The molecule has 1 aliphatic rings. The zero-order valence-electron chi connectivity index (χ0n) is 18.9. The molecule has 1 atom stereocenters. The highest BCUT2D eigenvalue weighted by Gasteiger charge is 2.27. The number of fused-ring (bicyclic) bond motifs is 2. The van der Waals surface area contributed by atoms with Crippen LogP contribution in [0.2, 0.25) is 0 Å². The van der Waals surface area contributed by atoms with E-state index >= 15 is 0 Å². The van der Waals surface area contributed by atoms with Gasteiger partial charge >= 0.3 is 0 Å². The van der Waals surface area contributed by atoms with Gasteiger partial charge in [-0.2, -0.15) is 5.10 Å². The van der Waals surface area contributed by atoms with E-state index in [1.165, 1.54) is 0 Å². The van der Waals surface area contributed by atoms with E-state index in [1.807, 2.05) is 65.8 Å². The van der Waals surface area contributed by atoms with E-state index in [-0.39, 0.29) is 6.17 Å². The molecule has 4 N–H and O–H groups in total. The second kappa shape index (κ2) is 8.91. The first-order valence-electron chi connectivity index (χ1n) is 11.4. The molecular weight excluding hydrogens is 450 g/mol. The fraction of sp³-hybridized carbons (Fsp3) is 0.0345. The Bertz CT molecular complexity index is 1550. The second-order valence-electron chi connectivity index (χ2n) is 8.37. The fourth-order valence-electron chi connectivity index (χ4n) is 4.38. The predicted octanol–water partition coefficient (Wildman–Crippen LogP) is 6.20. The van der Waals surface area contributed by atoms with Crippen LogP contribution >= 0.6 is 11.8 Å². The number of anilines is 2. The van der Waals surface area contributed by atoms with Gasteiger partial charge < -0.3 is 11.5 Å². The molecule has 0 radical (unpaired) electrons. The van der Waals surface area contributed by atoms with Crippen molar-refractivity contribution in [1.29, 1.82) is 0 Å². The van der Waals surface area contributed by atoms with E-state index in [9.17, 15) is 0 Å². The molecule has 170 valence electrons. The lowest BCUT2D eigenvalue weighted by atomic mass is 9.94. The number of pyridine rings is 1. The summed E-state index contributed by atoms with van der Waals surface area (Å²) in [4.78, 5) is 6.68. The quantitative estimate of drug-likeness (QED) is 0.304. The lowest BCUT2D eigenvalue weighted by molar-refractivity contribution is 0.657. The molecule has 0 fully saturated rings. The van der Waals surface area contributed by atoms with Crippen LogP contribution in [0, 0.1) is 0 Å². The van der Waals surface area contributed by atoms with Crippen LogP contribution in [0.4, 0.5) is 11.4 Å². The van der Waals surface area contributed by atoms with Crippen molar-refractivity contribution < 1.29 is 0 Å². The van der Waals surface area contributed by atoms with E-state index in [0.717, 1.165) is 54.5 Å². The third-order valence-corrected chi connectivity index (χ3v) is 7.19. The average molecular weight is 474 g/mol. The van der Waals surface area contributed by atoms with Crippen LogP contribution in [-0.2, 0) is 0 Å². The molecule has 0 aliphatic carbocycles. The lowest BCUT2D eigenvalue weighted by Gasteiger charge is -2.33. The zero-order chi connectivity index (χ0) is 23.8. The molecule has 0 bridgehead atoms. The third-order valence-electron chi connectivity index (χ3n) is 6.11. The molecule has 1 aromatic heterocycles. The van der Waals surface area contributed by atoms with Crippen LogP contribution in [-0.4, -0.2) is 10.7 Å². The summed E-state index contributed by atoms with van der Waals surface area (Å²) in [5, 5.41) is 7.96. The summed E-state index contributed by atoms with van der Waals surface area (Å²) in [5.74, 6) is 0. The van der Waals surface area contributed by atoms with Gasteiger partial charge in [-0.25, -0.2) is 5.01 Å². The monoisotopic (exact) mass is 473 g/mol. The van der Waals surface area contributed by atoms with Gasteiger partial charge in [-0.15, -0.1) is 0 Å². The first kappa shape index (κ1) is 21.4. The number of hydrogen-bond donors (Lipinski definition) is 2. The SMILES string of the molecule is Nc1ccc2nccc(Sc3ccc(N4N=C(c5ccccc5)c5ccccc5C4N)cc3)c2c1. The van der Waals surface area contributed by atoms with Crippen molar-refractivity contribution in [1.82, 2.24) is 4.98 Å². The highest BCUT2D eigenvalue weighted by molar-refractivity contribution is 7.99. The van der Waals surface area contributed by atoms with Gasteiger partial charge in [-0.3, -0.25) is 4.98 Å². The molecule has 35 heavy (non-hydrogen) atoms. The van der Waals surface area contributed by atoms with Crippen molar-refractivity contribution in [3.8, 4) is 0 Å². The average Bonchev–Trinajstić information content (AvgIpc) is 2.90. The summed E-state index contributed by atoms with van der Waals surface area (Å²) in [6, 6.07) is 34.6. The smallest absolute Gasteiger partial charge is 0.126 e. The van der Waals surface area contributed by atoms with Gasteiger partial charge in [0.05, 0.1) is 16.9 Å². The van der Waals surface area contributed by atoms with Crippen LogP contribution in [0.25, 0.3) is 10.9 Å². The Morgan fingerprint density at radius 1 is 0.800 bits per heavy atom. The highest BCUT2D eigenvalue weighted by atomic mass is 32.2. The third kappa shape index (κ3) is 4.03. The summed E-state index contributed by atoms with van der Waals surface area (Å²) in [7, 11) is 0. The van der Waals surface area contributed by atoms with Crippen molar-refractivity contribution in [2.45, 2.75) is 16.0 Å². The number of hydrogen-bond acceptors (Lipinski definition) is 6. The predicted molar refractivity (Wildman–Crippen MR) is 145 cm³/mol. The summed E-state index contributed by atoms with van der Waals surface area (Å²) >= 11 is 1.69. The van der Waals surface area contributed by atoms with Gasteiger partial charge in [0.2, 0.25) is 0 Å². The largest absolute Gasteiger partial charge is 0.399 e. The molecule has 1 aliphatic heterocycles. The molecule has 6 rings (SSSR count). The van der Waals surface area contributed by atoms with Crippen LogP contribution in [0.15, 0.2) is 124 Å². The Morgan fingerprint density at radius 2 is 1.57 bits per heavy atom. The number of benzene rings is 4. The molecule has 2 heterocycles. The topological polar surface area (TPSA) is 80.5 Å². The maximum absolute atomic E-state index is 6.70. The first-order chi connectivity index (χ1) is 17.2. The van der Waals surface area contributed by atoms with Crippen LogP contribution in [0.3, 0.4) is 0 Å². The number of nitrogen functional groups attached to an aromatic ring is 1. The maximum Gasteiger partial charge on any atom is 0.126 e. The normalized spacial score (nSPS) is 15.1. The molecule has 0 saturated carbocycles. The highest BCUT2D eigenvalue weighted by Crippen LogP contribution is 2.37. The summed E-state index contributed by atoms with van der Waals surface area (Å²) in [6.07, 6.45) is 1.46. The molecular formula is C29H23N5S. The summed E-state index contributed by atoms with van der Waals surface area (Å²) < 4.78 is 0. The van der Waals surface area contributed by atoms with Gasteiger partial charge in [0.15, 0.2) is 0 Å². The molecule has 0 saturated heterocycles. The van der Waals surface area contributed by atoms with Crippen molar-refractivity contribution in [3.63, 3.8) is 0 Å². The minimum absolute atomic E-state index is 0.371. The van der Waals surface area contributed by atoms with Gasteiger partial charge in [0.1, 0.15) is 6.17 Å². The maximum atomic E-state index is 6.70. The van der Waals surface area contributed by atoms with Crippen LogP contribution in [0.5, 0.6) is 0 Å². The van der Waals surface area contributed by atoms with E-state index < -0.39 is 0 Å². The zero-order valence-corrected chi connectivity index (χ0v) is 19.7. The van der Waals surface area contributed by atoms with Gasteiger partial charge in [-0.1, -0.05) is 66.4 Å². The first-order valence-corrected chi connectivity index (χ1v) is 12.2. The Morgan fingerprint density at radius 3 is 2.40 bits per heavy atom. The Hall–Kier alpha value is -4.13. The standard InChI is InChI=1S/C29H23N5S/c30-20-10-15-26-25(18-20)27(16-17-32-26)35-22-13-11-21(12-14-22)34-29(31)24-9-5-4-8-23(24)28(33-34)19-6-2-1-3-7-19/h1-18,29H,30-31H2. The molecule has 5 aromatic rings. The minimum atomic E-state index is -0.371. The number of aromatic nitrogens is 1. The molecule has 4 aromatic carbocycles. The number of nitrogens with two attached hydrogens (primary N) is 2. The number of hydrazone groups is 1. The number of rotatable bonds is 4. The van der Waals surface area contributed by atoms with Gasteiger partial charge in [-0.05, 0) is 48.5 Å². The Balaban J connectivity index is 1.34. The lowest BCUT2D eigenvalue weighted by Crippen LogP contribution is -2.36. The van der Waals surface area contributed by atoms with E-state index in [0.29, 0.717) is 0 Å². The molecule has 0 amide bonds. The van der Waals surface area contributed by atoms with Gasteiger partial charge in [0.25, 0.3) is 0 Å². The fourth-order valence-corrected chi connectivity index (χ4v) is 5.30.